The maximum absolute atomic E-state index is 12.8. The topological polar surface area (TPSA) is 51.7 Å². The highest BCUT2D eigenvalue weighted by Gasteiger charge is 2.46. The van der Waals surface area contributed by atoms with E-state index in [9.17, 15) is 4.79 Å². The molecular formula is C18H20N2O3S. The van der Waals surface area contributed by atoms with E-state index in [0.717, 1.165) is 30.6 Å². The smallest absolute Gasteiger partial charge is 0.255 e. The number of rotatable bonds is 4. The van der Waals surface area contributed by atoms with E-state index in [1.165, 1.54) is 0 Å². The lowest BCUT2D eigenvalue weighted by atomic mass is 10.0. The van der Waals surface area contributed by atoms with E-state index >= 15 is 0 Å². The van der Waals surface area contributed by atoms with Gasteiger partial charge in [0.2, 0.25) is 0 Å². The minimum atomic E-state index is -0.0851. The summed E-state index contributed by atoms with van der Waals surface area (Å²) >= 11 is 1.55. The van der Waals surface area contributed by atoms with Gasteiger partial charge in [-0.3, -0.25) is 9.78 Å². The van der Waals surface area contributed by atoms with Crippen molar-refractivity contribution in [3.05, 3.63) is 52.5 Å². The molecule has 0 aliphatic carbocycles. The first-order chi connectivity index (χ1) is 11.8. The summed E-state index contributed by atoms with van der Waals surface area (Å²) in [5.41, 5.74) is 1.80. The van der Waals surface area contributed by atoms with E-state index < -0.39 is 0 Å². The Kier molecular flexibility index (Phi) is 4.60. The lowest BCUT2D eigenvalue weighted by Gasteiger charge is -2.32. The monoisotopic (exact) mass is 344 g/mol. The fraction of sp³-hybridized carbons (Fsp3) is 0.444. The maximum Gasteiger partial charge on any atom is 0.255 e. The summed E-state index contributed by atoms with van der Waals surface area (Å²) in [4.78, 5) is 18.9. The highest BCUT2D eigenvalue weighted by Crippen LogP contribution is 2.32. The Labute approximate surface area is 145 Å². The average Bonchev–Trinajstić information content (AvgIpc) is 3.29. The second kappa shape index (κ2) is 7.01. The van der Waals surface area contributed by atoms with Crippen LogP contribution in [0.5, 0.6) is 0 Å². The van der Waals surface area contributed by atoms with Crippen LogP contribution in [0.1, 0.15) is 28.8 Å². The van der Waals surface area contributed by atoms with Gasteiger partial charge in [-0.05, 0) is 35.9 Å². The molecule has 1 amide bonds. The third-order valence-corrected chi connectivity index (χ3v) is 5.38. The fourth-order valence-corrected chi connectivity index (χ4v) is 4.16. The lowest BCUT2D eigenvalue weighted by molar-refractivity contribution is -0.0810. The van der Waals surface area contributed by atoms with Crippen LogP contribution in [-0.4, -0.2) is 47.2 Å². The van der Waals surface area contributed by atoms with Crippen molar-refractivity contribution in [2.24, 2.45) is 0 Å². The Hall–Kier alpha value is -1.76. The molecule has 2 aromatic rings. The second-order valence-electron chi connectivity index (χ2n) is 6.23. The molecule has 0 saturated carbocycles. The van der Waals surface area contributed by atoms with Crippen LogP contribution in [0.25, 0.3) is 0 Å². The van der Waals surface area contributed by atoms with E-state index in [2.05, 4.69) is 4.98 Å². The average molecular weight is 344 g/mol. The van der Waals surface area contributed by atoms with Crippen molar-refractivity contribution in [2.75, 3.05) is 13.2 Å². The fourth-order valence-electron chi connectivity index (χ4n) is 3.53. The number of carbonyl (C=O) groups is 1. The molecule has 0 bridgehead atoms. The van der Waals surface area contributed by atoms with Crippen LogP contribution in [0.2, 0.25) is 0 Å². The van der Waals surface area contributed by atoms with Crippen molar-refractivity contribution in [2.45, 2.75) is 37.7 Å². The maximum atomic E-state index is 12.8. The molecule has 3 atom stereocenters. The molecule has 2 fully saturated rings. The quantitative estimate of drug-likeness (QED) is 0.856. The molecule has 4 heterocycles. The summed E-state index contributed by atoms with van der Waals surface area (Å²) < 4.78 is 12.1. The number of likely N-dealkylation sites (tertiary alicyclic amines) is 1. The van der Waals surface area contributed by atoms with E-state index in [1.807, 2.05) is 40.1 Å². The Bertz CT molecular complexity index is 677. The zero-order chi connectivity index (χ0) is 16.4. The zero-order valence-electron chi connectivity index (χ0n) is 13.3. The molecule has 2 aliphatic heterocycles. The Balaban J connectivity index is 1.48. The first kappa shape index (κ1) is 15.7. The van der Waals surface area contributed by atoms with Gasteiger partial charge in [-0.25, -0.2) is 0 Å². The number of amides is 1. The van der Waals surface area contributed by atoms with Crippen molar-refractivity contribution >= 4 is 17.2 Å². The molecule has 4 rings (SSSR count). The summed E-state index contributed by atoms with van der Waals surface area (Å²) in [6.07, 6.45) is 5.41. The van der Waals surface area contributed by atoms with Crippen molar-refractivity contribution < 1.29 is 14.3 Å². The summed E-state index contributed by atoms with van der Waals surface area (Å²) in [7, 11) is 0. The standard InChI is InChI=1S/C18H20N2O3S/c21-18(14-5-8-24-12-14)20-10-16(17-15(20)4-2-7-22-17)23-11-13-3-1-6-19-9-13/h1,3,5-6,8-9,12,15-17H,2,4,7,10-11H2/t15-,16+,17-/m0/s1. The molecule has 0 spiro atoms. The highest BCUT2D eigenvalue weighted by atomic mass is 32.1. The SMILES string of the molecule is O=C(c1ccsc1)N1C[C@@H](OCc2cccnc2)[C@H]2OCCC[C@@H]21. The number of pyridine rings is 1. The number of nitrogens with zero attached hydrogens (tertiary/aromatic N) is 2. The first-order valence-corrected chi connectivity index (χ1v) is 9.22. The Morgan fingerprint density at radius 3 is 3.21 bits per heavy atom. The number of thiophene rings is 1. The third-order valence-electron chi connectivity index (χ3n) is 4.69. The van der Waals surface area contributed by atoms with Gasteiger partial charge in [-0.1, -0.05) is 6.07 Å². The Morgan fingerprint density at radius 2 is 2.42 bits per heavy atom. The molecule has 0 N–H and O–H groups in total. The van der Waals surface area contributed by atoms with Crippen LogP contribution in [0.4, 0.5) is 0 Å². The Morgan fingerprint density at radius 1 is 1.46 bits per heavy atom. The highest BCUT2D eigenvalue weighted by molar-refractivity contribution is 7.08. The van der Waals surface area contributed by atoms with Crippen molar-refractivity contribution in [3.63, 3.8) is 0 Å². The molecule has 2 aliphatic rings. The van der Waals surface area contributed by atoms with Gasteiger partial charge >= 0.3 is 0 Å². The number of hydrogen-bond acceptors (Lipinski definition) is 5. The lowest BCUT2D eigenvalue weighted by Crippen LogP contribution is -2.43. The molecular weight excluding hydrogens is 324 g/mol. The first-order valence-electron chi connectivity index (χ1n) is 8.28. The van der Waals surface area contributed by atoms with Gasteiger partial charge < -0.3 is 14.4 Å². The van der Waals surface area contributed by atoms with Gasteiger partial charge in [0.15, 0.2) is 0 Å². The molecule has 126 valence electrons. The minimum Gasteiger partial charge on any atom is -0.373 e. The third kappa shape index (κ3) is 3.09. The zero-order valence-corrected chi connectivity index (χ0v) is 14.2. The summed E-state index contributed by atoms with van der Waals surface area (Å²) in [5, 5.41) is 3.85. The molecule has 6 heteroatoms. The van der Waals surface area contributed by atoms with Crippen LogP contribution < -0.4 is 0 Å². The largest absolute Gasteiger partial charge is 0.373 e. The number of ether oxygens (including phenoxy) is 2. The van der Waals surface area contributed by atoms with Crippen LogP contribution >= 0.6 is 11.3 Å². The number of aromatic nitrogens is 1. The molecule has 0 unspecified atom stereocenters. The van der Waals surface area contributed by atoms with Crippen LogP contribution in [0.15, 0.2) is 41.4 Å². The second-order valence-corrected chi connectivity index (χ2v) is 7.01. The minimum absolute atomic E-state index is 0.0296. The molecule has 0 radical (unpaired) electrons. The van der Waals surface area contributed by atoms with E-state index in [-0.39, 0.29) is 24.2 Å². The van der Waals surface area contributed by atoms with Crippen LogP contribution in [0, 0.1) is 0 Å². The van der Waals surface area contributed by atoms with Crippen LogP contribution in [0.3, 0.4) is 0 Å². The van der Waals surface area contributed by atoms with Gasteiger partial charge in [0.25, 0.3) is 5.91 Å². The van der Waals surface area contributed by atoms with Crippen molar-refractivity contribution in [3.8, 4) is 0 Å². The number of hydrogen-bond donors (Lipinski definition) is 0. The number of carbonyl (C=O) groups excluding carboxylic acids is 1. The van der Waals surface area contributed by atoms with E-state index in [0.29, 0.717) is 13.2 Å². The van der Waals surface area contributed by atoms with Crippen molar-refractivity contribution in [1.82, 2.24) is 9.88 Å². The molecule has 24 heavy (non-hydrogen) atoms. The molecule has 2 aromatic heterocycles. The van der Waals surface area contributed by atoms with Gasteiger partial charge in [0, 0.05) is 24.4 Å². The van der Waals surface area contributed by atoms with E-state index in [1.54, 1.807) is 17.5 Å². The summed E-state index contributed by atoms with van der Waals surface area (Å²) in [5.74, 6) is 0.0872. The van der Waals surface area contributed by atoms with Crippen molar-refractivity contribution in [1.29, 1.82) is 0 Å². The van der Waals surface area contributed by atoms with Crippen LogP contribution in [-0.2, 0) is 16.1 Å². The molecule has 0 aromatic carbocycles. The van der Waals surface area contributed by atoms with Gasteiger partial charge in [-0.2, -0.15) is 11.3 Å². The molecule has 2 saturated heterocycles. The van der Waals surface area contributed by atoms with E-state index in [4.69, 9.17) is 9.47 Å². The normalized spacial score (nSPS) is 26.3. The summed E-state index contributed by atoms with van der Waals surface area (Å²) in [6, 6.07) is 5.90. The van der Waals surface area contributed by atoms with Gasteiger partial charge in [0.1, 0.15) is 12.2 Å². The number of fused-ring (bicyclic) bond motifs is 1. The van der Waals surface area contributed by atoms with Gasteiger partial charge in [-0.15, -0.1) is 0 Å². The predicted octanol–water partition coefficient (Wildman–Crippen LogP) is 2.73. The molecule has 5 nitrogen and oxygen atoms in total. The summed E-state index contributed by atoms with van der Waals surface area (Å²) in [6.45, 7) is 1.82. The van der Waals surface area contributed by atoms with Gasteiger partial charge in [0.05, 0.1) is 24.8 Å². The predicted molar refractivity (Wildman–Crippen MR) is 90.9 cm³/mol.